The Labute approximate surface area is 162 Å². The summed E-state index contributed by atoms with van der Waals surface area (Å²) in [4.78, 5) is 16.5. The topological polar surface area (TPSA) is 46.9 Å². The van der Waals surface area contributed by atoms with Gasteiger partial charge in [-0.25, -0.2) is 18.2 Å². The molecule has 0 fully saturated rings. The Bertz CT molecular complexity index is 996. The fourth-order valence-corrected chi connectivity index (χ4v) is 3.34. The van der Waals surface area contributed by atoms with Gasteiger partial charge in [0.2, 0.25) is 5.91 Å². The third-order valence-electron chi connectivity index (χ3n) is 3.64. The first-order valence-electron chi connectivity index (χ1n) is 7.77. The Kier molecular flexibility index (Phi) is 5.76. The monoisotopic (exact) mass is 411 g/mol. The number of thioether (sulfide) groups is 1. The van der Waals surface area contributed by atoms with Gasteiger partial charge in [0.1, 0.15) is 0 Å². The van der Waals surface area contributed by atoms with Crippen molar-refractivity contribution in [2.45, 2.75) is 17.3 Å². The second-order valence-electron chi connectivity index (χ2n) is 5.53. The SMILES string of the molecule is CC(Sc1nccn1-c1cccc(Cl)c1)C(=O)Nc1ccc(F)c(F)c1F. The molecule has 1 amide bonds. The Morgan fingerprint density at radius 1 is 1.22 bits per heavy atom. The average Bonchev–Trinajstić information content (AvgIpc) is 3.10. The van der Waals surface area contributed by atoms with Crippen molar-refractivity contribution in [3.05, 3.63) is 71.3 Å². The summed E-state index contributed by atoms with van der Waals surface area (Å²) in [6.07, 6.45) is 3.29. The molecule has 1 N–H and O–H groups in total. The molecular weight excluding hydrogens is 399 g/mol. The van der Waals surface area contributed by atoms with Crippen molar-refractivity contribution in [1.29, 1.82) is 0 Å². The number of halogens is 4. The van der Waals surface area contributed by atoms with Gasteiger partial charge in [-0.3, -0.25) is 9.36 Å². The van der Waals surface area contributed by atoms with Crippen LogP contribution in [0, 0.1) is 17.5 Å². The minimum atomic E-state index is -1.63. The third kappa shape index (κ3) is 4.28. The highest BCUT2D eigenvalue weighted by atomic mass is 35.5. The van der Waals surface area contributed by atoms with Crippen LogP contribution in [0.3, 0.4) is 0 Å². The van der Waals surface area contributed by atoms with E-state index in [1.54, 1.807) is 42.1 Å². The van der Waals surface area contributed by atoms with E-state index in [1.165, 1.54) is 0 Å². The number of anilines is 1. The molecule has 0 saturated carbocycles. The number of hydrogen-bond donors (Lipinski definition) is 1. The number of rotatable bonds is 5. The zero-order valence-electron chi connectivity index (χ0n) is 13.9. The molecule has 0 bridgehead atoms. The molecule has 1 aromatic heterocycles. The molecule has 0 saturated heterocycles. The predicted molar refractivity (Wildman–Crippen MR) is 98.8 cm³/mol. The first-order valence-corrected chi connectivity index (χ1v) is 9.03. The van der Waals surface area contributed by atoms with Gasteiger partial charge < -0.3 is 5.32 Å². The highest BCUT2D eigenvalue weighted by Crippen LogP contribution is 2.27. The van der Waals surface area contributed by atoms with E-state index in [9.17, 15) is 18.0 Å². The minimum Gasteiger partial charge on any atom is -0.323 e. The third-order valence-corrected chi connectivity index (χ3v) is 4.95. The summed E-state index contributed by atoms with van der Waals surface area (Å²) in [7, 11) is 0. The molecular formula is C18H13ClF3N3OS. The zero-order chi connectivity index (χ0) is 19.6. The number of nitrogens with zero attached hydrogens (tertiary/aromatic N) is 2. The molecule has 3 aromatic rings. The summed E-state index contributed by atoms with van der Waals surface area (Å²) in [5.74, 6) is -4.98. The van der Waals surface area contributed by atoms with Crippen LogP contribution in [-0.4, -0.2) is 20.7 Å². The van der Waals surface area contributed by atoms with E-state index in [4.69, 9.17) is 11.6 Å². The summed E-state index contributed by atoms with van der Waals surface area (Å²) in [6.45, 7) is 1.59. The maximum absolute atomic E-state index is 13.7. The molecule has 1 heterocycles. The van der Waals surface area contributed by atoms with Crippen LogP contribution >= 0.6 is 23.4 Å². The number of carbonyl (C=O) groups is 1. The van der Waals surface area contributed by atoms with E-state index < -0.39 is 34.3 Å². The lowest BCUT2D eigenvalue weighted by molar-refractivity contribution is -0.115. The largest absolute Gasteiger partial charge is 0.323 e. The van der Waals surface area contributed by atoms with E-state index in [0.29, 0.717) is 10.2 Å². The Morgan fingerprint density at radius 2 is 2.00 bits per heavy atom. The number of amides is 1. The van der Waals surface area contributed by atoms with Crippen LogP contribution in [0.5, 0.6) is 0 Å². The maximum Gasteiger partial charge on any atom is 0.237 e. The van der Waals surface area contributed by atoms with Crippen molar-refractivity contribution in [1.82, 2.24) is 9.55 Å². The van der Waals surface area contributed by atoms with Crippen molar-refractivity contribution >= 4 is 35.0 Å². The van der Waals surface area contributed by atoms with Crippen LogP contribution in [0.4, 0.5) is 18.9 Å². The second kappa shape index (κ2) is 8.06. The van der Waals surface area contributed by atoms with Crippen LogP contribution in [-0.2, 0) is 4.79 Å². The summed E-state index contributed by atoms with van der Waals surface area (Å²) in [6, 6.07) is 8.82. The molecule has 3 rings (SSSR count). The molecule has 1 atom stereocenters. The summed E-state index contributed by atoms with van der Waals surface area (Å²) >= 11 is 7.13. The van der Waals surface area contributed by atoms with Gasteiger partial charge >= 0.3 is 0 Å². The molecule has 27 heavy (non-hydrogen) atoms. The molecule has 0 aliphatic carbocycles. The van der Waals surface area contributed by atoms with Crippen molar-refractivity contribution in [3.8, 4) is 5.69 Å². The van der Waals surface area contributed by atoms with Crippen molar-refractivity contribution < 1.29 is 18.0 Å². The first kappa shape index (κ1) is 19.3. The number of aromatic nitrogens is 2. The van der Waals surface area contributed by atoms with Crippen LogP contribution in [0.2, 0.25) is 5.02 Å². The maximum atomic E-state index is 13.7. The van der Waals surface area contributed by atoms with E-state index in [0.717, 1.165) is 29.6 Å². The van der Waals surface area contributed by atoms with Gasteiger partial charge in [0.05, 0.1) is 10.9 Å². The van der Waals surface area contributed by atoms with Gasteiger partial charge in [0.25, 0.3) is 0 Å². The Hall–Kier alpha value is -2.45. The van der Waals surface area contributed by atoms with Crippen molar-refractivity contribution in [2.24, 2.45) is 0 Å². The summed E-state index contributed by atoms with van der Waals surface area (Å²) < 4.78 is 41.7. The lowest BCUT2D eigenvalue weighted by Crippen LogP contribution is -2.23. The number of carbonyl (C=O) groups excluding carboxylic acids is 1. The highest BCUT2D eigenvalue weighted by molar-refractivity contribution is 8.00. The van der Waals surface area contributed by atoms with Crippen molar-refractivity contribution in [3.63, 3.8) is 0 Å². The van der Waals surface area contributed by atoms with Gasteiger partial charge in [0, 0.05) is 23.1 Å². The highest BCUT2D eigenvalue weighted by Gasteiger charge is 2.21. The van der Waals surface area contributed by atoms with Gasteiger partial charge in [-0.15, -0.1) is 0 Å². The Balaban J connectivity index is 1.75. The normalized spacial score (nSPS) is 12.0. The summed E-state index contributed by atoms with van der Waals surface area (Å²) in [5, 5.41) is 2.65. The van der Waals surface area contributed by atoms with E-state index in [2.05, 4.69) is 10.3 Å². The molecule has 4 nitrogen and oxygen atoms in total. The van der Waals surface area contributed by atoms with E-state index in [1.807, 2.05) is 6.07 Å². The van der Waals surface area contributed by atoms with Gasteiger partial charge in [-0.05, 0) is 37.3 Å². The fourth-order valence-electron chi connectivity index (χ4n) is 2.27. The molecule has 0 spiro atoms. The van der Waals surface area contributed by atoms with E-state index >= 15 is 0 Å². The molecule has 9 heteroatoms. The smallest absolute Gasteiger partial charge is 0.237 e. The van der Waals surface area contributed by atoms with E-state index in [-0.39, 0.29) is 0 Å². The van der Waals surface area contributed by atoms with Crippen LogP contribution in [0.15, 0.2) is 53.9 Å². The molecule has 0 radical (unpaired) electrons. The molecule has 140 valence electrons. The second-order valence-corrected chi connectivity index (χ2v) is 7.28. The lowest BCUT2D eigenvalue weighted by atomic mass is 10.2. The molecule has 0 aliphatic heterocycles. The zero-order valence-corrected chi connectivity index (χ0v) is 15.5. The first-order chi connectivity index (χ1) is 12.9. The predicted octanol–water partition coefficient (Wildman–Crippen LogP) is 5.06. The van der Waals surface area contributed by atoms with Crippen LogP contribution < -0.4 is 5.32 Å². The van der Waals surface area contributed by atoms with Gasteiger partial charge in [0.15, 0.2) is 22.6 Å². The fraction of sp³-hybridized carbons (Fsp3) is 0.111. The molecule has 0 aliphatic rings. The Morgan fingerprint density at radius 3 is 2.74 bits per heavy atom. The minimum absolute atomic E-state index is 0.426. The molecule has 1 unspecified atom stereocenters. The molecule has 2 aromatic carbocycles. The average molecular weight is 412 g/mol. The lowest BCUT2D eigenvalue weighted by Gasteiger charge is -2.14. The number of hydrogen-bond acceptors (Lipinski definition) is 3. The van der Waals surface area contributed by atoms with Crippen LogP contribution in [0.25, 0.3) is 5.69 Å². The van der Waals surface area contributed by atoms with Crippen molar-refractivity contribution in [2.75, 3.05) is 5.32 Å². The number of imidazole rings is 1. The van der Waals surface area contributed by atoms with Crippen LogP contribution in [0.1, 0.15) is 6.92 Å². The quantitative estimate of drug-likeness (QED) is 0.471. The standard InChI is InChI=1S/C18H13ClF3N3OS/c1-10(17(26)24-14-6-5-13(20)15(21)16(14)22)27-18-23-7-8-25(18)12-4-2-3-11(19)9-12/h2-10H,1H3,(H,24,26). The van der Waals surface area contributed by atoms with Gasteiger partial charge in [-0.2, -0.15) is 0 Å². The number of nitrogens with one attached hydrogen (secondary N) is 1. The number of benzene rings is 2. The summed E-state index contributed by atoms with van der Waals surface area (Å²) in [5.41, 5.74) is 0.339. The van der Waals surface area contributed by atoms with Gasteiger partial charge in [-0.1, -0.05) is 29.4 Å².